The summed E-state index contributed by atoms with van der Waals surface area (Å²) in [6.45, 7) is 14.9. The monoisotopic (exact) mass is 777 g/mol. The molecule has 4 saturated carbocycles. The van der Waals surface area contributed by atoms with E-state index in [-0.39, 0.29) is 46.7 Å². The topological polar surface area (TPSA) is 151 Å². The summed E-state index contributed by atoms with van der Waals surface area (Å²) in [7, 11) is 4.68. The van der Waals surface area contributed by atoms with Crippen molar-refractivity contribution in [2.75, 3.05) is 21.3 Å². The summed E-state index contributed by atoms with van der Waals surface area (Å²) in [5.41, 5.74) is 2.97. The third kappa shape index (κ3) is 7.36. The zero-order valence-corrected chi connectivity index (χ0v) is 35.0. The first-order valence-electron chi connectivity index (χ1n) is 20.3. The van der Waals surface area contributed by atoms with Gasteiger partial charge in [0.05, 0.1) is 46.3 Å². The predicted molar refractivity (Wildman–Crippen MR) is 210 cm³/mol. The molecule has 0 saturated heterocycles. The molecule has 10 atom stereocenters. The van der Waals surface area contributed by atoms with Crippen LogP contribution in [0.25, 0.3) is 0 Å². The second-order valence-corrected chi connectivity index (χ2v) is 17.9. The van der Waals surface area contributed by atoms with E-state index in [0.717, 1.165) is 42.4 Å². The van der Waals surface area contributed by atoms with Crippen LogP contribution in [-0.2, 0) is 32.2 Å². The summed E-state index contributed by atoms with van der Waals surface area (Å²) < 4.78 is 30.3. The number of benzene rings is 1. The molecule has 4 aliphatic carbocycles. The number of aromatic nitrogens is 3. The molecule has 4 fully saturated rings. The van der Waals surface area contributed by atoms with E-state index in [0.29, 0.717) is 66.7 Å². The summed E-state index contributed by atoms with van der Waals surface area (Å²) in [4.78, 5) is 27.2. The van der Waals surface area contributed by atoms with Gasteiger partial charge < -0.3 is 33.9 Å². The highest BCUT2D eigenvalue weighted by Crippen LogP contribution is 2.74. The summed E-state index contributed by atoms with van der Waals surface area (Å²) >= 11 is 0. The molecular formula is C44H63N3O9. The van der Waals surface area contributed by atoms with Gasteiger partial charge in [0, 0.05) is 12.5 Å². The highest BCUT2D eigenvalue weighted by molar-refractivity contribution is 5.90. The van der Waals surface area contributed by atoms with Crippen LogP contribution in [0.4, 0.5) is 0 Å². The number of carbonyl (C=O) groups is 2. The van der Waals surface area contributed by atoms with Crippen LogP contribution < -0.4 is 14.2 Å². The van der Waals surface area contributed by atoms with Crippen LogP contribution in [0.2, 0.25) is 0 Å². The van der Waals surface area contributed by atoms with Crippen molar-refractivity contribution in [1.82, 2.24) is 15.0 Å². The van der Waals surface area contributed by atoms with Gasteiger partial charge >= 0.3 is 11.9 Å². The predicted octanol–water partition coefficient (Wildman–Crippen LogP) is 6.99. The number of rotatable bonds is 12. The van der Waals surface area contributed by atoms with Crippen molar-refractivity contribution in [2.45, 2.75) is 131 Å². The van der Waals surface area contributed by atoms with Gasteiger partial charge in [-0.2, -0.15) is 0 Å². The Morgan fingerprint density at radius 2 is 1.66 bits per heavy atom. The fraction of sp³-hybridized carbons (Fsp3) is 0.682. The first-order chi connectivity index (χ1) is 26.5. The molecule has 1 aromatic carbocycles. The van der Waals surface area contributed by atoms with Gasteiger partial charge in [-0.15, -0.1) is 5.10 Å². The van der Waals surface area contributed by atoms with Crippen molar-refractivity contribution < 1.29 is 43.5 Å². The van der Waals surface area contributed by atoms with Crippen LogP contribution in [0, 0.1) is 39.9 Å². The Hall–Kier alpha value is -3.90. The van der Waals surface area contributed by atoms with Gasteiger partial charge in [0.25, 0.3) is 0 Å². The number of aliphatic hydroxyl groups is 2. The van der Waals surface area contributed by atoms with Crippen molar-refractivity contribution in [1.29, 1.82) is 0 Å². The third-order valence-electron chi connectivity index (χ3n) is 14.6. The molecule has 0 bridgehead atoms. The molecule has 1 aromatic heterocycles. The molecule has 1 heterocycles. The number of allylic oxidation sites excluding steroid dienone is 2. The molecule has 6 rings (SSSR count). The number of methoxy groups -OCH3 is 3. The van der Waals surface area contributed by atoms with E-state index in [1.807, 2.05) is 26.0 Å². The SMILES string of the molecule is COc1cc(Cn2cc(COC(=O)/C(CCC=C(C)C)=C3\[C@@H](OC(C)=O)C[C@@]4(C)[C@H]3C[C@@H](O)[C@H]3[C@@]5(C)CC[C@@H](O)[C@@H](C)[C@@H]5CC[C@@]34C)nn2)cc(OC)c1OC. The second-order valence-electron chi connectivity index (χ2n) is 17.9. The smallest absolute Gasteiger partial charge is 0.334 e. The second kappa shape index (κ2) is 16.2. The van der Waals surface area contributed by atoms with Gasteiger partial charge in [0.2, 0.25) is 5.75 Å². The number of fused-ring (bicyclic) bond motifs is 5. The highest BCUT2D eigenvalue weighted by Gasteiger charge is 2.70. The van der Waals surface area contributed by atoms with E-state index in [1.54, 1.807) is 32.2 Å². The summed E-state index contributed by atoms with van der Waals surface area (Å²) in [6, 6.07) is 3.69. The minimum Gasteiger partial charge on any atom is -0.493 e. The lowest BCUT2D eigenvalue weighted by atomic mass is 9.36. The minimum absolute atomic E-state index is 0.00561. The van der Waals surface area contributed by atoms with Crippen LogP contribution in [0.5, 0.6) is 17.2 Å². The molecule has 2 aromatic rings. The number of hydrogen-bond acceptors (Lipinski definition) is 11. The van der Waals surface area contributed by atoms with Crippen molar-refractivity contribution >= 4 is 11.9 Å². The average molecular weight is 778 g/mol. The Balaban J connectivity index is 1.31. The molecule has 12 heteroatoms. The van der Waals surface area contributed by atoms with Crippen LogP contribution in [0.1, 0.15) is 111 Å². The van der Waals surface area contributed by atoms with Crippen molar-refractivity contribution in [3.8, 4) is 17.2 Å². The number of aliphatic hydroxyl groups excluding tert-OH is 2. The fourth-order valence-corrected chi connectivity index (χ4v) is 11.9. The number of hydrogen-bond donors (Lipinski definition) is 2. The lowest BCUT2D eigenvalue weighted by Gasteiger charge is -2.69. The summed E-state index contributed by atoms with van der Waals surface area (Å²) in [5, 5.41) is 31.8. The molecule has 12 nitrogen and oxygen atoms in total. The molecular weight excluding hydrogens is 714 g/mol. The molecule has 56 heavy (non-hydrogen) atoms. The fourth-order valence-electron chi connectivity index (χ4n) is 11.9. The number of carbonyl (C=O) groups excluding carboxylic acids is 2. The number of nitrogens with zero attached hydrogens (tertiary/aromatic N) is 3. The number of ether oxygens (including phenoxy) is 5. The maximum Gasteiger partial charge on any atom is 0.334 e. The Kier molecular flexibility index (Phi) is 12.0. The number of esters is 2. The van der Waals surface area contributed by atoms with E-state index in [9.17, 15) is 19.8 Å². The van der Waals surface area contributed by atoms with E-state index < -0.39 is 24.1 Å². The molecule has 0 spiro atoms. The summed E-state index contributed by atoms with van der Waals surface area (Å²) in [5.74, 6) is 0.968. The maximum absolute atomic E-state index is 14.4. The van der Waals surface area contributed by atoms with Crippen molar-refractivity contribution in [3.63, 3.8) is 0 Å². The van der Waals surface area contributed by atoms with E-state index in [2.05, 4.69) is 44.1 Å². The van der Waals surface area contributed by atoms with Gasteiger partial charge in [0.1, 0.15) is 18.4 Å². The average Bonchev–Trinajstić information content (AvgIpc) is 3.71. The van der Waals surface area contributed by atoms with Gasteiger partial charge in [-0.05, 0) is 128 Å². The van der Waals surface area contributed by atoms with E-state index >= 15 is 0 Å². The Morgan fingerprint density at radius 1 is 0.964 bits per heavy atom. The first-order valence-corrected chi connectivity index (χ1v) is 20.3. The lowest BCUT2D eigenvalue weighted by molar-refractivity contribution is -0.234. The van der Waals surface area contributed by atoms with Crippen LogP contribution >= 0.6 is 0 Å². The molecule has 0 radical (unpaired) electrons. The van der Waals surface area contributed by atoms with Crippen LogP contribution in [-0.4, -0.2) is 76.8 Å². The van der Waals surface area contributed by atoms with Gasteiger partial charge in [-0.3, -0.25) is 4.79 Å². The maximum atomic E-state index is 14.4. The highest BCUT2D eigenvalue weighted by atomic mass is 16.5. The largest absolute Gasteiger partial charge is 0.493 e. The van der Waals surface area contributed by atoms with Crippen molar-refractivity contribution in [2.24, 2.45) is 39.9 Å². The van der Waals surface area contributed by atoms with E-state index in [4.69, 9.17) is 23.7 Å². The quantitative estimate of drug-likeness (QED) is 0.130. The third-order valence-corrected chi connectivity index (χ3v) is 14.6. The Labute approximate surface area is 331 Å². The molecule has 0 unspecified atom stereocenters. The Morgan fingerprint density at radius 3 is 2.29 bits per heavy atom. The van der Waals surface area contributed by atoms with Gasteiger partial charge in [0.15, 0.2) is 11.5 Å². The van der Waals surface area contributed by atoms with Gasteiger partial charge in [-0.25, -0.2) is 9.48 Å². The zero-order chi connectivity index (χ0) is 40.7. The molecule has 0 amide bonds. The molecule has 308 valence electrons. The summed E-state index contributed by atoms with van der Waals surface area (Å²) in [6.07, 6.45) is 7.79. The van der Waals surface area contributed by atoms with Crippen molar-refractivity contribution in [3.05, 3.63) is 52.4 Å². The standard InChI is InChI=1S/C44H63N3O9/c1-25(2)12-11-13-30(41(51)55-24-29-23-47(46-45-29)22-28-18-35(52-8)39(54-10)36(19-28)53-9)38-32-20-34(50)40-42(5)16-15-33(49)26(3)31(42)14-17-43(40,6)44(32,7)21-37(38)56-27(4)48/h12,18-19,23,26,31-34,37,40,49-50H,11,13-17,20-22,24H2,1-10H3/b38-30-/t26-,31-,32-,33+,34+,37-,40-,42-,43-,44-/m0/s1. The van der Waals surface area contributed by atoms with Crippen LogP contribution in [0.3, 0.4) is 0 Å². The molecule has 0 aliphatic heterocycles. The van der Waals surface area contributed by atoms with Crippen LogP contribution in [0.15, 0.2) is 41.1 Å². The minimum atomic E-state index is -0.616. The first kappa shape index (κ1) is 41.7. The Bertz CT molecular complexity index is 1820. The normalized spacial score (nSPS) is 34.3. The van der Waals surface area contributed by atoms with E-state index in [1.165, 1.54) is 6.92 Å². The molecule has 4 aliphatic rings. The zero-order valence-electron chi connectivity index (χ0n) is 35.0. The lowest BCUT2D eigenvalue weighted by Crippen LogP contribution is -2.65. The van der Waals surface area contributed by atoms with Gasteiger partial charge in [-0.1, -0.05) is 44.6 Å². The molecule has 2 N–H and O–H groups in total.